The number of halogens is 2. The van der Waals surface area contributed by atoms with Crippen molar-refractivity contribution in [3.8, 4) is 16.9 Å². The number of ether oxygens (including phenoxy) is 1. The van der Waals surface area contributed by atoms with Gasteiger partial charge in [-0.25, -0.2) is 0 Å². The Kier molecular flexibility index (Phi) is 3.88. The predicted molar refractivity (Wildman–Crippen MR) is 96.0 cm³/mol. The third kappa shape index (κ3) is 2.57. The van der Waals surface area contributed by atoms with Gasteiger partial charge in [0.15, 0.2) is 0 Å². The molecule has 0 radical (unpaired) electrons. The molecule has 0 saturated carbocycles. The molecule has 0 bridgehead atoms. The Balaban J connectivity index is 1.87. The maximum absolute atomic E-state index is 6.40. The normalized spacial score (nSPS) is 22.2. The smallest absolute Gasteiger partial charge is 0.142 e. The van der Waals surface area contributed by atoms with Gasteiger partial charge < -0.3 is 15.4 Å². The first-order valence-electron chi connectivity index (χ1n) is 7.79. The molecular weight excluding hydrogens is 331 g/mol. The Morgan fingerprint density at radius 2 is 1.96 bits per heavy atom. The van der Waals surface area contributed by atoms with E-state index in [4.69, 9.17) is 27.9 Å². The van der Waals surface area contributed by atoms with Crippen LogP contribution in [0, 0.1) is 5.92 Å². The highest BCUT2D eigenvalue weighted by Crippen LogP contribution is 2.45. The summed E-state index contributed by atoms with van der Waals surface area (Å²) in [6, 6.07) is 9.90. The number of rotatable bonds is 2. The molecule has 2 atom stereocenters. The summed E-state index contributed by atoms with van der Waals surface area (Å²) in [6.45, 7) is 3.06. The van der Waals surface area contributed by atoms with Crippen LogP contribution in [0.4, 0.5) is 5.69 Å². The minimum atomic E-state index is 0.520. The summed E-state index contributed by atoms with van der Waals surface area (Å²) in [7, 11) is 1.71. The molecule has 0 unspecified atom stereocenters. The van der Waals surface area contributed by atoms with E-state index in [9.17, 15) is 0 Å². The van der Waals surface area contributed by atoms with Crippen molar-refractivity contribution in [3.05, 3.63) is 45.9 Å². The van der Waals surface area contributed by atoms with Crippen molar-refractivity contribution in [2.45, 2.75) is 5.92 Å². The number of hydrogen-bond acceptors (Lipinski definition) is 3. The lowest BCUT2D eigenvalue weighted by Gasteiger charge is -2.30. The van der Waals surface area contributed by atoms with Gasteiger partial charge in [-0.15, -0.1) is 0 Å². The minimum Gasteiger partial charge on any atom is -0.495 e. The van der Waals surface area contributed by atoms with Gasteiger partial charge >= 0.3 is 0 Å². The number of hydrogen-bond donors (Lipinski definition) is 2. The highest BCUT2D eigenvalue weighted by Gasteiger charge is 2.35. The molecule has 1 fully saturated rings. The van der Waals surface area contributed by atoms with E-state index in [-0.39, 0.29) is 0 Å². The van der Waals surface area contributed by atoms with Crippen LogP contribution >= 0.6 is 23.2 Å². The molecule has 2 aromatic rings. The number of nitrogens with one attached hydrogen (secondary N) is 2. The van der Waals surface area contributed by atoms with Crippen LogP contribution < -0.4 is 15.4 Å². The summed E-state index contributed by atoms with van der Waals surface area (Å²) in [4.78, 5) is 0. The highest BCUT2D eigenvalue weighted by atomic mass is 35.5. The summed E-state index contributed by atoms with van der Waals surface area (Å²) < 4.78 is 5.63. The average Bonchev–Trinajstić information content (AvgIpc) is 3.02. The molecule has 2 aliphatic heterocycles. The predicted octanol–water partition coefficient (Wildman–Crippen LogP) is 4.40. The van der Waals surface area contributed by atoms with Crippen LogP contribution in [0.1, 0.15) is 11.5 Å². The summed E-state index contributed by atoms with van der Waals surface area (Å²) in [5.41, 5.74) is 4.47. The molecule has 2 N–H and O–H groups in total. The number of methoxy groups -OCH3 is 1. The van der Waals surface area contributed by atoms with Gasteiger partial charge in [-0.3, -0.25) is 0 Å². The van der Waals surface area contributed by atoms with Crippen molar-refractivity contribution in [1.29, 1.82) is 0 Å². The zero-order chi connectivity index (χ0) is 16.0. The summed E-state index contributed by atoms with van der Waals surface area (Å²) in [5.74, 6) is 2.02. The number of benzene rings is 2. The van der Waals surface area contributed by atoms with Gasteiger partial charge in [-0.2, -0.15) is 0 Å². The van der Waals surface area contributed by atoms with E-state index in [1.807, 2.05) is 18.2 Å². The van der Waals surface area contributed by atoms with E-state index in [1.54, 1.807) is 13.2 Å². The molecule has 2 aromatic carbocycles. The second-order valence-electron chi connectivity index (χ2n) is 6.17. The van der Waals surface area contributed by atoms with Crippen molar-refractivity contribution in [1.82, 2.24) is 5.32 Å². The monoisotopic (exact) mass is 348 g/mol. The number of anilines is 1. The fourth-order valence-electron chi connectivity index (χ4n) is 3.70. The Hall–Kier alpha value is -1.42. The third-order valence-electron chi connectivity index (χ3n) is 4.88. The lowest BCUT2D eigenvalue weighted by atomic mass is 9.83. The van der Waals surface area contributed by atoms with Crippen LogP contribution in [-0.2, 0) is 0 Å². The SMILES string of the molecule is COc1cc(-c2ccc(Cl)cc2Cl)cc2c1NC[C@@H]1CNC[C@H]21. The summed E-state index contributed by atoms with van der Waals surface area (Å²) in [6.07, 6.45) is 0. The Morgan fingerprint density at radius 1 is 1.09 bits per heavy atom. The van der Waals surface area contributed by atoms with Crippen LogP contribution in [0.5, 0.6) is 5.75 Å². The molecule has 23 heavy (non-hydrogen) atoms. The van der Waals surface area contributed by atoms with Gasteiger partial charge in [0.25, 0.3) is 0 Å². The zero-order valence-electron chi connectivity index (χ0n) is 12.8. The Bertz CT molecular complexity index is 763. The molecule has 0 aromatic heterocycles. The standard InChI is InChI=1S/C18H18Cl2N2O/c1-23-17-5-10(13-3-2-12(19)6-16(13)20)4-14-15-9-21-7-11(15)8-22-18(14)17/h2-6,11,15,21-22H,7-9H2,1H3/t11-,15-/m0/s1. The van der Waals surface area contributed by atoms with Crippen LogP contribution in [0.25, 0.3) is 11.1 Å². The molecule has 2 aliphatic rings. The molecule has 3 nitrogen and oxygen atoms in total. The van der Waals surface area contributed by atoms with Crippen LogP contribution in [-0.4, -0.2) is 26.7 Å². The van der Waals surface area contributed by atoms with Gasteiger partial charge in [-0.05, 0) is 41.3 Å². The fourth-order valence-corrected chi connectivity index (χ4v) is 4.22. The summed E-state index contributed by atoms with van der Waals surface area (Å²) >= 11 is 12.4. The van der Waals surface area contributed by atoms with Crippen LogP contribution in [0.15, 0.2) is 30.3 Å². The number of fused-ring (bicyclic) bond motifs is 3. The van der Waals surface area contributed by atoms with Gasteiger partial charge in [-0.1, -0.05) is 29.3 Å². The molecule has 1 saturated heterocycles. The molecule has 0 spiro atoms. The van der Waals surface area contributed by atoms with E-state index in [2.05, 4.69) is 16.7 Å². The summed E-state index contributed by atoms with van der Waals surface area (Å²) in [5, 5.41) is 8.33. The first kappa shape index (κ1) is 15.1. The quantitative estimate of drug-likeness (QED) is 0.843. The second kappa shape index (κ2) is 5.90. The first-order chi connectivity index (χ1) is 11.2. The molecule has 0 amide bonds. The van der Waals surface area contributed by atoms with E-state index in [0.29, 0.717) is 21.9 Å². The van der Waals surface area contributed by atoms with Crippen molar-refractivity contribution in [3.63, 3.8) is 0 Å². The van der Waals surface area contributed by atoms with Gasteiger partial charge in [0.2, 0.25) is 0 Å². The Morgan fingerprint density at radius 3 is 2.74 bits per heavy atom. The zero-order valence-corrected chi connectivity index (χ0v) is 14.3. The largest absolute Gasteiger partial charge is 0.495 e. The first-order valence-corrected chi connectivity index (χ1v) is 8.55. The van der Waals surface area contributed by atoms with E-state index in [0.717, 1.165) is 42.2 Å². The molecule has 4 rings (SSSR count). The highest BCUT2D eigenvalue weighted by molar-refractivity contribution is 6.36. The topological polar surface area (TPSA) is 33.3 Å². The molecule has 5 heteroatoms. The molecule has 2 heterocycles. The third-order valence-corrected chi connectivity index (χ3v) is 5.42. The molecular formula is C18H18Cl2N2O. The van der Waals surface area contributed by atoms with E-state index >= 15 is 0 Å². The van der Waals surface area contributed by atoms with Gasteiger partial charge in [0.05, 0.1) is 12.8 Å². The average molecular weight is 349 g/mol. The molecule has 120 valence electrons. The van der Waals surface area contributed by atoms with Crippen molar-refractivity contribution >= 4 is 28.9 Å². The van der Waals surface area contributed by atoms with Gasteiger partial charge in [0, 0.05) is 41.2 Å². The minimum absolute atomic E-state index is 0.520. The fraction of sp³-hybridized carbons (Fsp3) is 0.333. The maximum Gasteiger partial charge on any atom is 0.142 e. The van der Waals surface area contributed by atoms with Crippen molar-refractivity contribution in [2.75, 3.05) is 32.1 Å². The van der Waals surface area contributed by atoms with E-state index < -0.39 is 0 Å². The van der Waals surface area contributed by atoms with E-state index in [1.165, 1.54) is 5.56 Å². The van der Waals surface area contributed by atoms with Crippen molar-refractivity contribution < 1.29 is 4.74 Å². The lowest BCUT2D eigenvalue weighted by Crippen LogP contribution is -2.27. The Labute approximate surface area is 145 Å². The second-order valence-corrected chi connectivity index (χ2v) is 7.02. The maximum atomic E-state index is 6.40. The van der Waals surface area contributed by atoms with Gasteiger partial charge in [0.1, 0.15) is 5.75 Å². The van der Waals surface area contributed by atoms with Crippen molar-refractivity contribution in [2.24, 2.45) is 5.92 Å². The van der Waals surface area contributed by atoms with Crippen LogP contribution in [0.3, 0.4) is 0 Å². The van der Waals surface area contributed by atoms with Crippen LogP contribution in [0.2, 0.25) is 10.0 Å². The molecule has 0 aliphatic carbocycles. The lowest BCUT2D eigenvalue weighted by molar-refractivity contribution is 0.412.